The topological polar surface area (TPSA) is 74.1 Å². The van der Waals surface area contributed by atoms with Gasteiger partial charge in [0.1, 0.15) is 5.75 Å². The van der Waals surface area contributed by atoms with E-state index in [0.717, 1.165) is 28.6 Å². The van der Waals surface area contributed by atoms with Crippen molar-refractivity contribution in [2.45, 2.75) is 33.2 Å². The molecule has 1 saturated heterocycles. The summed E-state index contributed by atoms with van der Waals surface area (Å²) in [4.78, 5) is 28.9. The Bertz CT molecular complexity index is 1080. The van der Waals surface area contributed by atoms with Crippen molar-refractivity contribution >= 4 is 33.4 Å². The van der Waals surface area contributed by atoms with E-state index in [4.69, 9.17) is 4.74 Å². The highest BCUT2D eigenvalue weighted by Crippen LogP contribution is 2.39. The van der Waals surface area contributed by atoms with Gasteiger partial charge < -0.3 is 19.6 Å². The van der Waals surface area contributed by atoms with Crippen LogP contribution < -0.4 is 14.7 Å². The normalized spacial score (nSPS) is 17.8. The predicted molar refractivity (Wildman–Crippen MR) is 134 cm³/mol. The summed E-state index contributed by atoms with van der Waals surface area (Å²) in [6, 6.07) is 11.9. The number of ketones is 1. The Labute approximate surface area is 210 Å². The van der Waals surface area contributed by atoms with Crippen molar-refractivity contribution < 1.29 is 24.3 Å². The molecule has 6 nitrogen and oxygen atoms in total. The molecule has 1 N–H and O–H groups in total. The minimum Gasteiger partial charge on any atom is -0.872 e. The molecule has 3 rings (SSSR count). The van der Waals surface area contributed by atoms with Crippen LogP contribution in [-0.2, 0) is 9.59 Å². The van der Waals surface area contributed by atoms with Crippen LogP contribution in [0.5, 0.6) is 5.75 Å². The van der Waals surface area contributed by atoms with Crippen molar-refractivity contribution in [1.82, 2.24) is 4.90 Å². The molecule has 2 aromatic rings. The van der Waals surface area contributed by atoms with Gasteiger partial charge in [-0.15, -0.1) is 0 Å². The number of hydrogen-bond donors (Lipinski definition) is 1. The number of nitrogens with zero attached hydrogens (tertiary/aromatic N) is 1. The van der Waals surface area contributed by atoms with Crippen molar-refractivity contribution in [1.29, 1.82) is 0 Å². The third-order valence-electron chi connectivity index (χ3n) is 5.80. The molecule has 34 heavy (non-hydrogen) atoms. The summed E-state index contributed by atoms with van der Waals surface area (Å²) in [7, 11) is 4.09. The van der Waals surface area contributed by atoms with E-state index in [2.05, 4.69) is 29.8 Å². The standard InChI is InChI=1S/C27H33BrN2O4/c1-17(2)16-34-22-12-9-20(15-18(22)3)25(31)23-24(19-7-10-21(28)11-8-19)30(27(33)26(23)32)14-6-13-29(4)5/h7-12,15,17,24,31H,6,13-14,16H2,1-5H3/b25-23+. The van der Waals surface area contributed by atoms with E-state index in [1.54, 1.807) is 23.1 Å². The second kappa shape index (κ2) is 11.2. The summed E-state index contributed by atoms with van der Waals surface area (Å²) in [5.74, 6) is -0.650. The van der Waals surface area contributed by atoms with Crippen molar-refractivity contribution in [3.8, 4) is 5.75 Å². The van der Waals surface area contributed by atoms with Gasteiger partial charge in [0, 0.05) is 23.0 Å². The maximum absolute atomic E-state index is 13.6. The Hall–Kier alpha value is -2.64. The SMILES string of the molecule is Cc1cc(/C([O-])=C2\C(=O)C(=O)N(CCC[NH+](C)C)C2c2ccc(Br)cc2)ccc1OCC(C)C. The molecule has 0 saturated carbocycles. The number of hydrogen-bond acceptors (Lipinski definition) is 4. The molecule has 1 atom stereocenters. The Morgan fingerprint density at radius 3 is 2.41 bits per heavy atom. The van der Waals surface area contributed by atoms with Gasteiger partial charge in [-0.2, -0.15) is 0 Å². The molecule has 1 unspecified atom stereocenters. The second-order valence-corrected chi connectivity index (χ2v) is 10.4. The number of rotatable bonds is 9. The number of carbonyl (C=O) groups is 2. The summed E-state index contributed by atoms with van der Waals surface area (Å²) in [5.41, 5.74) is 1.96. The lowest BCUT2D eigenvalue weighted by atomic mass is 9.94. The van der Waals surface area contributed by atoms with Gasteiger partial charge in [-0.05, 0) is 53.8 Å². The molecule has 1 aliphatic heterocycles. The molecule has 2 aromatic carbocycles. The molecule has 1 heterocycles. The lowest BCUT2D eigenvalue weighted by Gasteiger charge is -2.28. The van der Waals surface area contributed by atoms with Crippen LogP contribution in [0.2, 0.25) is 0 Å². The molecule has 0 radical (unpaired) electrons. The quantitative estimate of drug-likeness (QED) is 0.308. The van der Waals surface area contributed by atoms with E-state index in [-0.39, 0.29) is 5.57 Å². The summed E-state index contributed by atoms with van der Waals surface area (Å²) >= 11 is 3.43. The van der Waals surface area contributed by atoms with E-state index >= 15 is 0 Å². The highest BCUT2D eigenvalue weighted by Gasteiger charge is 2.43. The second-order valence-electron chi connectivity index (χ2n) is 9.52. The first kappa shape index (κ1) is 26.0. The number of aryl methyl sites for hydroxylation is 1. The van der Waals surface area contributed by atoms with Gasteiger partial charge in [0.05, 0.1) is 33.3 Å². The molecule has 1 aliphatic rings. The number of amides is 1. The number of Topliss-reactive ketones (excluding diaryl/α,β-unsaturated/α-hetero) is 1. The number of halogens is 1. The molecule has 1 amide bonds. The number of nitrogens with one attached hydrogen (secondary N) is 1. The highest BCUT2D eigenvalue weighted by atomic mass is 79.9. The van der Waals surface area contributed by atoms with E-state index in [9.17, 15) is 14.7 Å². The van der Waals surface area contributed by atoms with Crippen LogP contribution >= 0.6 is 15.9 Å². The van der Waals surface area contributed by atoms with Crippen LogP contribution in [0.1, 0.15) is 43.0 Å². The van der Waals surface area contributed by atoms with Crippen molar-refractivity contribution in [2.75, 3.05) is 33.8 Å². The molecule has 7 heteroatoms. The first-order valence-corrected chi connectivity index (χ1v) is 12.4. The van der Waals surface area contributed by atoms with Crippen LogP contribution in [0.25, 0.3) is 5.76 Å². The minimum atomic E-state index is -0.715. The molecule has 0 aliphatic carbocycles. The lowest BCUT2D eigenvalue weighted by Crippen LogP contribution is -3.05. The van der Waals surface area contributed by atoms with Crippen molar-refractivity contribution in [3.05, 3.63) is 69.2 Å². The van der Waals surface area contributed by atoms with Crippen LogP contribution in [-0.4, -0.2) is 50.4 Å². The number of ether oxygens (including phenoxy) is 1. The number of likely N-dealkylation sites (tertiary alicyclic amines) is 1. The molecular weight excluding hydrogens is 496 g/mol. The van der Waals surface area contributed by atoms with E-state index in [1.807, 2.05) is 45.3 Å². The monoisotopic (exact) mass is 528 g/mol. The van der Waals surface area contributed by atoms with Crippen LogP contribution in [0, 0.1) is 12.8 Å². The van der Waals surface area contributed by atoms with Crippen LogP contribution in [0.15, 0.2) is 52.5 Å². The summed E-state index contributed by atoms with van der Waals surface area (Å²) in [5, 5.41) is 13.6. The first-order chi connectivity index (χ1) is 16.1. The van der Waals surface area contributed by atoms with Gasteiger partial charge in [-0.25, -0.2) is 0 Å². The summed E-state index contributed by atoms with van der Waals surface area (Å²) in [6.07, 6.45) is 0.733. The fourth-order valence-corrected chi connectivity index (χ4v) is 4.32. The van der Waals surface area contributed by atoms with Gasteiger partial charge in [-0.3, -0.25) is 9.59 Å². The highest BCUT2D eigenvalue weighted by molar-refractivity contribution is 9.10. The number of benzene rings is 2. The van der Waals surface area contributed by atoms with Gasteiger partial charge in [0.25, 0.3) is 5.91 Å². The zero-order valence-corrected chi connectivity index (χ0v) is 22.1. The Balaban J connectivity index is 2.03. The zero-order chi connectivity index (χ0) is 25.0. The minimum absolute atomic E-state index is 0.0137. The third kappa shape index (κ3) is 5.88. The van der Waals surface area contributed by atoms with Gasteiger partial charge >= 0.3 is 0 Å². The number of quaternary nitrogens is 1. The average molecular weight is 529 g/mol. The van der Waals surface area contributed by atoms with Gasteiger partial charge in [0.2, 0.25) is 5.78 Å². The first-order valence-electron chi connectivity index (χ1n) is 11.6. The average Bonchev–Trinajstić information content (AvgIpc) is 3.03. The molecule has 0 aromatic heterocycles. The van der Waals surface area contributed by atoms with Crippen LogP contribution in [0.3, 0.4) is 0 Å². The lowest BCUT2D eigenvalue weighted by molar-refractivity contribution is -0.858. The smallest absolute Gasteiger partial charge is 0.295 e. The predicted octanol–water partition coefficient (Wildman–Crippen LogP) is 2.55. The summed E-state index contributed by atoms with van der Waals surface area (Å²) in [6.45, 7) is 7.86. The molecule has 0 bridgehead atoms. The molecule has 0 spiro atoms. The van der Waals surface area contributed by atoms with Gasteiger partial charge in [0.15, 0.2) is 0 Å². The third-order valence-corrected chi connectivity index (χ3v) is 6.33. The Morgan fingerprint density at radius 2 is 1.82 bits per heavy atom. The van der Waals surface area contributed by atoms with Crippen molar-refractivity contribution in [3.63, 3.8) is 0 Å². The molecular formula is C27H33BrN2O4. The fourth-order valence-electron chi connectivity index (χ4n) is 4.06. The van der Waals surface area contributed by atoms with E-state index < -0.39 is 23.5 Å². The largest absolute Gasteiger partial charge is 0.872 e. The zero-order valence-electron chi connectivity index (χ0n) is 20.5. The van der Waals surface area contributed by atoms with Crippen LogP contribution in [0.4, 0.5) is 0 Å². The maximum Gasteiger partial charge on any atom is 0.295 e. The summed E-state index contributed by atoms with van der Waals surface area (Å²) < 4.78 is 6.71. The maximum atomic E-state index is 13.6. The van der Waals surface area contributed by atoms with E-state index in [0.29, 0.717) is 30.4 Å². The fraction of sp³-hybridized carbons (Fsp3) is 0.407. The molecule has 1 fully saturated rings. The Kier molecular flexibility index (Phi) is 8.55. The van der Waals surface area contributed by atoms with Gasteiger partial charge in [-0.1, -0.05) is 53.7 Å². The number of carbonyl (C=O) groups excluding carboxylic acids is 2. The van der Waals surface area contributed by atoms with E-state index in [1.165, 1.54) is 4.90 Å². The molecule has 182 valence electrons. The Morgan fingerprint density at radius 1 is 1.15 bits per heavy atom. The van der Waals surface area contributed by atoms with Crippen molar-refractivity contribution in [2.24, 2.45) is 5.92 Å².